The van der Waals surface area contributed by atoms with Gasteiger partial charge < -0.3 is 9.47 Å². The van der Waals surface area contributed by atoms with Crippen molar-refractivity contribution in [1.82, 2.24) is 19.7 Å². The summed E-state index contributed by atoms with van der Waals surface area (Å²) < 4.78 is 13.4. The quantitative estimate of drug-likeness (QED) is 0.699. The van der Waals surface area contributed by atoms with E-state index in [1.165, 1.54) is 0 Å². The Balaban J connectivity index is 2.29. The average molecular weight is 375 g/mol. The fourth-order valence-electron chi connectivity index (χ4n) is 2.38. The molecule has 23 heavy (non-hydrogen) atoms. The lowest BCUT2D eigenvalue weighted by Crippen LogP contribution is -2.04. The molecule has 0 atom stereocenters. The molecule has 0 aliphatic rings. The zero-order valence-corrected chi connectivity index (χ0v) is 14.5. The summed E-state index contributed by atoms with van der Waals surface area (Å²) in [6.45, 7) is 1.98. The van der Waals surface area contributed by atoms with E-state index in [4.69, 9.17) is 9.47 Å². The van der Waals surface area contributed by atoms with Crippen LogP contribution in [-0.4, -0.2) is 34.0 Å². The Morgan fingerprint density at radius 2 is 1.74 bits per heavy atom. The van der Waals surface area contributed by atoms with Gasteiger partial charge in [0.05, 0.1) is 14.2 Å². The van der Waals surface area contributed by atoms with Gasteiger partial charge in [-0.05, 0) is 46.6 Å². The predicted octanol–water partition coefficient (Wildman–Crippen LogP) is 3.42. The third-order valence-electron chi connectivity index (χ3n) is 3.38. The van der Waals surface area contributed by atoms with Crippen LogP contribution in [0.3, 0.4) is 0 Å². The zero-order chi connectivity index (χ0) is 16.4. The predicted molar refractivity (Wildman–Crippen MR) is 90.1 cm³/mol. The number of rotatable bonds is 4. The van der Waals surface area contributed by atoms with Crippen molar-refractivity contribution >= 4 is 15.9 Å². The number of aromatic nitrogens is 4. The van der Waals surface area contributed by atoms with Gasteiger partial charge in [0.25, 0.3) is 0 Å². The Kier molecular flexibility index (Phi) is 4.29. The number of para-hydroxylation sites is 1. The largest absolute Gasteiger partial charge is 0.494 e. The van der Waals surface area contributed by atoms with Crippen LogP contribution in [0.1, 0.15) is 5.56 Å². The van der Waals surface area contributed by atoms with Crippen molar-refractivity contribution in [2.75, 3.05) is 14.2 Å². The van der Waals surface area contributed by atoms with E-state index in [-0.39, 0.29) is 0 Å². The highest BCUT2D eigenvalue weighted by atomic mass is 79.9. The number of hydrogen-bond acceptors (Lipinski definition) is 5. The number of ether oxygens (including phenoxy) is 2. The van der Waals surface area contributed by atoms with Crippen molar-refractivity contribution in [2.45, 2.75) is 6.92 Å². The summed E-state index contributed by atoms with van der Waals surface area (Å²) in [6.07, 6.45) is 3.55. The molecule has 0 saturated heterocycles. The standard InChI is InChI=1S/C16H15BrN4O2/c1-10-7-11(9-18-8-10)15-19-20-16(17)21(15)14-12(22-2)5-4-6-13(14)23-3/h4-9H,1-3H3. The number of nitrogens with zero attached hydrogens (tertiary/aromatic N) is 4. The Bertz CT molecular complexity index is 826. The first-order valence-electron chi connectivity index (χ1n) is 6.90. The van der Waals surface area contributed by atoms with Gasteiger partial charge in [-0.25, -0.2) is 0 Å². The fourth-order valence-corrected chi connectivity index (χ4v) is 2.80. The highest BCUT2D eigenvalue weighted by Gasteiger charge is 2.21. The average Bonchev–Trinajstić information content (AvgIpc) is 2.95. The number of hydrogen-bond donors (Lipinski definition) is 0. The molecular formula is C16H15BrN4O2. The smallest absolute Gasteiger partial charge is 0.205 e. The summed E-state index contributed by atoms with van der Waals surface area (Å²) >= 11 is 3.45. The second-order valence-electron chi connectivity index (χ2n) is 4.89. The molecule has 3 aromatic rings. The van der Waals surface area contributed by atoms with Crippen LogP contribution in [0.5, 0.6) is 11.5 Å². The molecule has 0 spiro atoms. The second-order valence-corrected chi connectivity index (χ2v) is 5.60. The molecule has 0 aliphatic carbocycles. The number of aryl methyl sites for hydroxylation is 1. The van der Waals surface area contributed by atoms with Gasteiger partial charge in [0, 0.05) is 18.0 Å². The van der Waals surface area contributed by atoms with Crippen LogP contribution in [0, 0.1) is 6.92 Å². The van der Waals surface area contributed by atoms with Gasteiger partial charge in [0.15, 0.2) is 5.82 Å². The lowest BCUT2D eigenvalue weighted by molar-refractivity contribution is 0.391. The first-order chi connectivity index (χ1) is 11.2. The molecule has 6 nitrogen and oxygen atoms in total. The van der Waals surface area contributed by atoms with Crippen molar-refractivity contribution in [3.8, 4) is 28.6 Å². The van der Waals surface area contributed by atoms with E-state index in [2.05, 4.69) is 31.1 Å². The molecule has 0 N–H and O–H groups in total. The van der Waals surface area contributed by atoms with Crippen LogP contribution >= 0.6 is 15.9 Å². The number of halogens is 1. The molecule has 3 rings (SSSR count). The molecule has 118 valence electrons. The third-order valence-corrected chi connectivity index (χ3v) is 3.90. The van der Waals surface area contributed by atoms with Crippen molar-refractivity contribution < 1.29 is 9.47 Å². The lowest BCUT2D eigenvalue weighted by atomic mass is 10.2. The van der Waals surface area contributed by atoms with E-state index in [9.17, 15) is 0 Å². The first kappa shape index (κ1) is 15.5. The highest BCUT2D eigenvalue weighted by Crippen LogP contribution is 2.37. The topological polar surface area (TPSA) is 62.1 Å². The van der Waals surface area contributed by atoms with Gasteiger partial charge in [-0.1, -0.05) is 6.07 Å². The molecule has 1 aromatic carbocycles. The SMILES string of the molecule is COc1cccc(OC)c1-n1c(Br)nnc1-c1cncc(C)c1. The normalized spacial score (nSPS) is 10.6. The Morgan fingerprint density at radius 3 is 2.35 bits per heavy atom. The molecule has 0 saturated carbocycles. The lowest BCUT2D eigenvalue weighted by Gasteiger charge is -2.16. The summed E-state index contributed by atoms with van der Waals surface area (Å²) in [5, 5.41) is 8.41. The van der Waals surface area contributed by atoms with E-state index in [0.717, 1.165) is 16.8 Å². The Hall–Kier alpha value is -2.41. The molecule has 0 radical (unpaired) electrons. The molecule has 0 fully saturated rings. The van der Waals surface area contributed by atoms with Crippen LogP contribution in [0.4, 0.5) is 0 Å². The van der Waals surface area contributed by atoms with Crippen LogP contribution < -0.4 is 9.47 Å². The van der Waals surface area contributed by atoms with E-state index >= 15 is 0 Å². The molecule has 0 amide bonds. The first-order valence-corrected chi connectivity index (χ1v) is 7.69. The van der Waals surface area contributed by atoms with Gasteiger partial charge in [0.1, 0.15) is 17.2 Å². The molecule has 0 aliphatic heterocycles. The molecular weight excluding hydrogens is 360 g/mol. The van der Waals surface area contributed by atoms with Crippen LogP contribution in [-0.2, 0) is 0 Å². The maximum atomic E-state index is 5.49. The van der Waals surface area contributed by atoms with Gasteiger partial charge in [-0.2, -0.15) is 0 Å². The number of methoxy groups -OCH3 is 2. The van der Waals surface area contributed by atoms with E-state index in [1.807, 2.05) is 35.8 Å². The van der Waals surface area contributed by atoms with Gasteiger partial charge >= 0.3 is 0 Å². The number of benzene rings is 1. The minimum Gasteiger partial charge on any atom is -0.494 e. The maximum Gasteiger partial charge on any atom is 0.205 e. The summed E-state index contributed by atoms with van der Waals surface area (Å²) in [5.41, 5.74) is 2.63. The molecule has 7 heteroatoms. The maximum absolute atomic E-state index is 5.49. The third kappa shape index (κ3) is 2.79. The highest BCUT2D eigenvalue weighted by molar-refractivity contribution is 9.10. The van der Waals surface area contributed by atoms with Gasteiger partial charge in [0.2, 0.25) is 4.73 Å². The van der Waals surface area contributed by atoms with Crippen molar-refractivity contribution in [3.05, 3.63) is 47.0 Å². The monoisotopic (exact) mass is 374 g/mol. The molecule has 2 heterocycles. The van der Waals surface area contributed by atoms with Gasteiger partial charge in [-0.15, -0.1) is 10.2 Å². The van der Waals surface area contributed by atoms with Crippen LogP contribution in [0.2, 0.25) is 0 Å². The summed E-state index contributed by atoms with van der Waals surface area (Å²) in [4.78, 5) is 4.23. The van der Waals surface area contributed by atoms with Gasteiger partial charge in [-0.3, -0.25) is 9.55 Å². The summed E-state index contributed by atoms with van der Waals surface area (Å²) in [6, 6.07) is 7.60. The van der Waals surface area contributed by atoms with E-state index in [0.29, 0.717) is 22.1 Å². The summed E-state index contributed by atoms with van der Waals surface area (Å²) in [7, 11) is 3.23. The molecule has 0 bridgehead atoms. The minimum absolute atomic E-state index is 0.553. The minimum atomic E-state index is 0.553. The molecule has 2 aromatic heterocycles. The van der Waals surface area contributed by atoms with E-state index in [1.54, 1.807) is 26.6 Å². The zero-order valence-electron chi connectivity index (χ0n) is 12.9. The van der Waals surface area contributed by atoms with Crippen LogP contribution in [0.25, 0.3) is 17.1 Å². The van der Waals surface area contributed by atoms with Crippen molar-refractivity contribution in [2.24, 2.45) is 0 Å². The Morgan fingerprint density at radius 1 is 1.04 bits per heavy atom. The second kappa shape index (κ2) is 6.37. The fraction of sp³-hybridized carbons (Fsp3) is 0.188. The van der Waals surface area contributed by atoms with Crippen molar-refractivity contribution in [1.29, 1.82) is 0 Å². The van der Waals surface area contributed by atoms with E-state index < -0.39 is 0 Å². The van der Waals surface area contributed by atoms with Crippen LogP contribution in [0.15, 0.2) is 41.4 Å². The number of pyridine rings is 1. The van der Waals surface area contributed by atoms with Crippen molar-refractivity contribution in [3.63, 3.8) is 0 Å². The molecule has 0 unspecified atom stereocenters. The Labute approximate surface area is 142 Å². The summed E-state index contributed by atoms with van der Waals surface area (Å²) in [5.74, 6) is 1.97.